The Bertz CT molecular complexity index is 1060. The quantitative estimate of drug-likeness (QED) is 0.473. The normalized spacial score (nSPS) is 13.9. The molecule has 1 saturated heterocycles. The highest BCUT2D eigenvalue weighted by Gasteiger charge is 2.24. The first-order valence-electron chi connectivity index (χ1n) is 10.4. The molecule has 0 N–H and O–H groups in total. The van der Waals surface area contributed by atoms with E-state index < -0.39 is 0 Å². The van der Waals surface area contributed by atoms with Gasteiger partial charge in [0.2, 0.25) is 0 Å². The van der Waals surface area contributed by atoms with E-state index in [0.29, 0.717) is 42.0 Å². The number of nitrogens with zero attached hydrogens (tertiary/aromatic N) is 3. The van der Waals surface area contributed by atoms with Gasteiger partial charge in [-0.15, -0.1) is 12.4 Å². The molecule has 0 saturated carbocycles. The fourth-order valence-corrected chi connectivity index (χ4v) is 4.54. The van der Waals surface area contributed by atoms with Crippen LogP contribution in [0.25, 0.3) is 10.2 Å². The highest BCUT2D eigenvalue weighted by atomic mass is 35.5. The van der Waals surface area contributed by atoms with Gasteiger partial charge in [0.1, 0.15) is 17.2 Å². The number of halogens is 1. The Kier molecular flexibility index (Phi) is 8.74. The van der Waals surface area contributed by atoms with Crippen molar-refractivity contribution in [3.05, 3.63) is 42.0 Å². The van der Waals surface area contributed by atoms with Crippen molar-refractivity contribution in [2.45, 2.75) is 0 Å². The highest BCUT2D eigenvalue weighted by Crippen LogP contribution is 2.33. The van der Waals surface area contributed by atoms with Crippen LogP contribution in [0, 0.1) is 0 Å². The molecule has 0 aliphatic carbocycles. The minimum absolute atomic E-state index is 0. The van der Waals surface area contributed by atoms with Gasteiger partial charge < -0.3 is 18.9 Å². The van der Waals surface area contributed by atoms with Gasteiger partial charge in [-0.25, -0.2) is 4.98 Å². The van der Waals surface area contributed by atoms with Crippen molar-refractivity contribution in [2.24, 2.45) is 0 Å². The van der Waals surface area contributed by atoms with Crippen LogP contribution in [0.2, 0.25) is 0 Å². The Balaban J connectivity index is 0.00000306. The van der Waals surface area contributed by atoms with E-state index >= 15 is 0 Å². The van der Waals surface area contributed by atoms with E-state index in [1.54, 1.807) is 44.4 Å². The second kappa shape index (κ2) is 11.5. The van der Waals surface area contributed by atoms with E-state index in [0.717, 1.165) is 35.6 Å². The zero-order valence-corrected chi connectivity index (χ0v) is 20.5. The maximum absolute atomic E-state index is 13.7. The molecule has 1 fully saturated rings. The molecule has 0 radical (unpaired) electrons. The summed E-state index contributed by atoms with van der Waals surface area (Å²) in [4.78, 5) is 22.5. The lowest BCUT2D eigenvalue weighted by Crippen LogP contribution is -2.43. The lowest BCUT2D eigenvalue weighted by atomic mass is 10.1. The average molecular weight is 494 g/mol. The van der Waals surface area contributed by atoms with Gasteiger partial charge in [-0.2, -0.15) is 0 Å². The summed E-state index contributed by atoms with van der Waals surface area (Å²) in [6, 6.07) is 10.9. The maximum Gasteiger partial charge on any atom is 0.260 e. The molecule has 2 aromatic carbocycles. The summed E-state index contributed by atoms with van der Waals surface area (Å²) in [5, 5.41) is 0.647. The standard InChI is InChI=1S/C23H27N3O5S.ClH/c1-28-17-4-5-21-20(15-17)24-23(32-21)26(7-6-25-8-10-31-11-9-25)22(27)16-12-18(29-2)14-19(13-16)30-3;/h4-5,12-15H,6-11H2,1-3H3;1H. The molecule has 0 unspecified atom stereocenters. The fourth-order valence-electron chi connectivity index (χ4n) is 3.57. The van der Waals surface area contributed by atoms with E-state index in [-0.39, 0.29) is 18.3 Å². The molecule has 0 spiro atoms. The number of ether oxygens (including phenoxy) is 4. The van der Waals surface area contributed by atoms with E-state index in [1.165, 1.54) is 11.3 Å². The molecule has 2 heterocycles. The number of thiazole rings is 1. The molecule has 0 bridgehead atoms. The van der Waals surface area contributed by atoms with Gasteiger partial charge in [-0.3, -0.25) is 14.6 Å². The molecule has 1 aliphatic heterocycles. The van der Waals surface area contributed by atoms with Gasteiger partial charge in [0.05, 0.1) is 44.8 Å². The summed E-state index contributed by atoms with van der Waals surface area (Å²) in [7, 11) is 4.77. The topological polar surface area (TPSA) is 73.4 Å². The van der Waals surface area contributed by atoms with Crippen molar-refractivity contribution < 1.29 is 23.7 Å². The molecule has 8 nitrogen and oxygen atoms in total. The predicted molar refractivity (Wildman–Crippen MR) is 132 cm³/mol. The molecule has 10 heteroatoms. The van der Waals surface area contributed by atoms with Gasteiger partial charge >= 0.3 is 0 Å². The maximum atomic E-state index is 13.7. The molecule has 178 valence electrons. The number of rotatable bonds is 8. The third-order valence-corrected chi connectivity index (χ3v) is 6.46. The number of methoxy groups -OCH3 is 3. The minimum Gasteiger partial charge on any atom is -0.497 e. The Morgan fingerprint density at radius 3 is 2.33 bits per heavy atom. The smallest absolute Gasteiger partial charge is 0.260 e. The SMILES string of the molecule is COc1cc(OC)cc(C(=O)N(CCN2CCOCC2)c2nc3cc(OC)ccc3s2)c1.Cl. The van der Waals surface area contributed by atoms with Gasteiger partial charge in [-0.05, 0) is 24.3 Å². The Hall–Kier alpha value is -2.59. The van der Waals surface area contributed by atoms with Crippen LogP contribution in [0.15, 0.2) is 36.4 Å². The van der Waals surface area contributed by atoms with Crippen LogP contribution < -0.4 is 19.1 Å². The third kappa shape index (κ3) is 5.86. The number of carbonyl (C=O) groups is 1. The van der Waals surface area contributed by atoms with Crippen molar-refractivity contribution in [1.29, 1.82) is 0 Å². The number of aromatic nitrogens is 1. The Labute approximate surface area is 203 Å². The average Bonchev–Trinajstić information content (AvgIpc) is 3.27. The number of carbonyl (C=O) groups excluding carboxylic acids is 1. The van der Waals surface area contributed by atoms with Crippen LogP contribution in [0.1, 0.15) is 10.4 Å². The largest absolute Gasteiger partial charge is 0.497 e. The van der Waals surface area contributed by atoms with Gasteiger partial charge in [0.15, 0.2) is 5.13 Å². The minimum atomic E-state index is -0.151. The monoisotopic (exact) mass is 493 g/mol. The highest BCUT2D eigenvalue weighted by molar-refractivity contribution is 7.22. The van der Waals surface area contributed by atoms with Crippen molar-refractivity contribution in [1.82, 2.24) is 9.88 Å². The fraction of sp³-hybridized carbons (Fsp3) is 0.391. The van der Waals surface area contributed by atoms with Crippen LogP contribution in [-0.2, 0) is 4.74 Å². The first kappa shape index (κ1) is 25.0. The molecule has 1 aromatic heterocycles. The predicted octanol–water partition coefficient (Wildman–Crippen LogP) is 3.72. The lowest BCUT2D eigenvalue weighted by molar-refractivity contribution is 0.0391. The first-order chi connectivity index (χ1) is 15.6. The zero-order chi connectivity index (χ0) is 22.5. The van der Waals surface area contributed by atoms with Crippen LogP contribution >= 0.6 is 23.7 Å². The van der Waals surface area contributed by atoms with Crippen molar-refractivity contribution in [3.8, 4) is 17.2 Å². The zero-order valence-electron chi connectivity index (χ0n) is 18.9. The summed E-state index contributed by atoms with van der Waals surface area (Å²) in [6.07, 6.45) is 0. The molecule has 0 atom stereocenters. The first-order valence-corrected chi connectivity index (χ1v) is 11.2. The molecule has 1 amide bonds. The second-order valence-corrected chi connectivity index (χ2v) is 8.35. The summed E-state index contributed by atoms with van der Waals surface area (Å²) in [6.45, 7) is 4.37. The van der Waals surface area contributed by atoms with Gasteiger partial charge in [0, 0.05) is 43.9 Å². The summed E-state index contributed by atoms with van der Waals surface area (Å²) in [5.41, 5.74) is 1.29. The number of hydrogen-bond donors (Lipinski definition) is 0. The van der Waals surface area contributed by atoms with Crippen molar-refractivity contribution >= 4 is 45.0 Å². The van der Waals surface area contributed by atoms with Crippen LogP contribution in [0.4, 0.5) is 5.13 Å². The summed E-state index contributed by atoms with van der Waals surface area (Å²) >= 11 is 1.49. The van der Waals surface area contributed by atoms with Crippen molar-refractivity contribution in [3.63, 3.8) is 0 Å². The Morgan fingerprint density at radius 2 is 1.70 bits per heavy atom. The van der Waals surface area contributed by atoms with E-state index in [1.807, 2.05) is 18.2 Å². The van der Waals surface area contributed by atoms with Gasteiger partial charge in [-0.1, -0.05) is 11.3 Å². The molecular weight excluding hydrogens is 466 g/mol. The second-order valence-electron chi connectivity index (χ2n) is 7.34. The van der Waals surface area contributed by atoms with Crippen molar-refractivity contribution in [2.75, 3.05) is 65.6 Å². The molecular formula is C23H28ClN3O5S. The van der Waals surface area contributed by atoms with E-state index in [2.05, 4.69) is 4.90 Å². The molecule has 4 rings (SSSR count). The Morgan fingerprint density at radius 1 is 1.03 bits per heavy atom. The molecule has 33 heavy (non-hydrogen) atoms. The number of anilines is 1. The number of hydrogen-bond acceptors (Lipinski definition) is 8. The number of benzene rings is 2. The van der Waals surface area contributed by atoms with Crippen LogP contribution in [-0.4, -0.2) is 76.5 Å². The molecule has 1 aliphatic rings. The summed E-state index contributed by atoms with van der Waals surface area (Å²) < 4.78 is 22.5. The number of amides is 1. The third-order valence-electron chi connectivity index (χ3n) is 5.40. The van der Waals surface area contributed by atoms with Crippen LogP contribution in [0.5, 0.6) is 17.2 Å². The number of morpholine rings is 1. The van der Waals surface area contributed by atoms with E-state index in [9.17, 15) is 4.79 Å². The van der Waals surface area contributed by atoms with E-state index in [4.69, 9.17) is 23.9 Å². The van der Waals surface area contributed by atoms with Crippen LogP contribution in [0.3, 0.4) is 0 Å². The van der Waals surface area contributed by atoms with Gasteiger partial charge in [0.25, 0.3) is 5.91 Å². The summed E-state index contributed by atoms with van der Waals surface area (Å²) in [5.74, 6) is 1.71. The number of fused-ring (bicyclic) bond motifs is 1. The molecule has 3 aromatic rings. The lowest BCUT2D eigenvalue weighted by Gasteiger charge is -2.29.